The van der Waals surface area contributed by atoms with Crippen molar-refractivity contribution in [3.05, 3.63) is 65.0 Å². The number of cyclic esters (lactones) is 1. The van der Waals surface area contributed by atoms with Crippen LogP contribution in [-0.2, 0) is 21.2 Å². The van der Waals surface area contributed by atoms with Gasteiger partial charge in [-0.1, -0.05) is 42.5 Å². The van der Waals surface area contributed by atoms with Crippen molar-refractivity contribution < 1.29 is 17.9 Å². The van der Waals surface area contributed by atoms with Crippen molar-refractivity contribution in [1.29, 1.82) is 0 Å². The zero-order chi connectivity index (χ0) is 17.6. The first kappa shape index (κ1) is 16.1. The van der Waals surface area contributed by atoms with Crippen LogP contribution < -0.4 is 0 Å². The molecule has 0 aliphatic carbocycles. The number of carbonyl (C=O) groups excluding carboxylic acids is 1. The smallest absolute Gasteiger partial charge is 0.340 e. The van der Waals surface area contributed by atoms with Crippen LogP contribution in [0.5, 0.6) is 0 Å². The van der Waals surface area contributed by atoms with E-state index in [1.807, 2.05) is 30.3 Å². The molecular weight excluding hydrogens is 356 g/mol. The van der Waals surface area contributed by atoms with Gasteiger partial charge in [-0.2, -0.15) is 0 Å². The number of carbonyl (C=O) groups is 1. The Kier molecular flexibility index (Phi) is 3.74. The van der Waals surface area contributed by atoms with E-state index in [0.29, 0.717) is 12.2 Å². The van der Waals surface area contributed by atoms with E-state index in [1.165, 1.54) is 17.6 Å². The van der Waals surface area contributed by atoms with Crippen molar-refractivity contribution in [2.45, 2.75) is 11.5 Å². The predicted molar refractivity (Wildman–Crippen MR) is 97.4 cm³/mol. The van der Waals surface area contributed by atoms with Gasteiger partial charge in [0.25, 0.3) is 0 Å². The fourth-order valence-electron chi connectivity index (χ4n) is 2.94. The number of esters is 1. The molecule has 4 nitrogen and oxygen atoms in total. The minimum absolute atomic E-state index is 0.279. The molecule has 1 aliphatic rings. The SMILES string of the molecule is CS(=O)(=O)c1ccc(-c2sc3c(c2-c2ccccc2)C(=O)OC3)cc1. The zero-order valence-corrected chi connectivity index (χ0v) is 15.0. The van der Waals surface area contributed by atoms with Gasteiger partial charge in [-0.25, -0.2) is 13.2 Å². The van der Waals surface area contributed by atoms with Crippen molar-refractivity contribution in [2.75, 3.05) is 6.26 Å². The van der Waals surface area contributed by atoms with E-state index in [0.717, 1.165) is 26.4 Å². The van der Waals surface area contributed by atoms with Crippen molar-refractivity contribution in [2.24, 2.45) is 0 Å². The normalized spacial score (nSPS) is 13.6. The average Bonchev–Trinajstić information content (AvgIpc) is 3.15. The quantitative estimate of drug-likeness (QED) is 0.650. The van der Waals surface area contributed by atoms with Gasteiger partial charge < -0.3 is 4.74 Å². The second-order valence-electron chi connectivity index (χ2n) is 5.84. The van der Waals surface area contributed by atoms with E-state index in [4.69, 9.17) is 4.74 Å². The number of benzene rings is 2. The Balaban J connectivity index is 1.92. The summed E-state index contributed by atoms with van der Waals surface area (Å²) in [6, 6.07) is 16.5. The molecule has 4 rings (SSSR count). The lowest BCUT2D eigenvalue weighted by atomic mass is 9.98. The zero-order valence-electron chi connectivity index (χ0n) is 13.4. The number of hydrogen-bond donors (Lipinski definition) is 0. The molecule has 3 aromatic rings. The molecule has 0 saturated heterocycles. The van der Waals surface area contributed by atoms with Crippen molar-refractivity contribution in [3.63, 3.8) is 0 Å². The van der Waals surface area contributed by atoms with Crippen molar-refractivity contribution in [1.82, 2.24) is 0 Å². The summed E-state index contributed by atoms with van der Waals surface area (Å²) < 4.78 is 28.5. The van der Waals surface area contributed by atoms with Crippen molar-refractivity contribution in [3.8, 4) is 21.6 Å². The monoisotopic (exact) mass is 370 g/mol. The van der Waals surface area contributed by atoms with Gasteiger partial charge in [0.2, 0.25) is 0 Å². The van der Waals surface area contributed by atoms with E-state index in [-0.39, 0.29) is 10.9 Å². The molecule has 0 atom stereocenters. The summed E-state index contributed by atoms with van der Waals surface area (Å²) in [4.78, 5) is 14.3. The number of thiophene rings is 1. The highest BCUT2D eigenvalue weighted by molar-refractivity contribution is 7.90. The predicted octanol–water partition coefficient (Wildman–Crippen LogP) is 4.16. The van der Waals surface area contributed by atoms with Gasteiger partial charge in [0.15, 0.2) is 9.84 Å². The number of rotatable bonds is 3. The fraction of sp³-hybridized carbons (Fsp3) is 0.105. The third kappa shape index (κ3) is 2.77. The highest BCUT2D eigenvalue weighted by Crippen LogP contribution is 2.46. The minimum Gasteiger partial charge on any atom is -0.456 e. The van der Waals surface area contributed by atoms with Crippen LogP contribution >= 0.6 is 11.3 Å². The molecule has 0 amide bonds. The lowest BCUT2D eigenvalue weighted by molar-refractivity contribution is 0.0537. The second kappa shape index (κ2) is 5.82. The summed E-state index contributed by atoms with van der Waals surface area (Å²) in [5, 5.41) is 0. The number of fused-ring (bicyclic) bond motifs is 1. The van der Waals surface area contributed by atoms with Crippen LogP contribution in [0.1, 0.15) is 15.2 Å². The van der Waals surface area contributed by atoms with Gasteiger partial charge in [-0.3, -0.25) is 0 Å². The first-order valence-corrected chi connectivity index (χ1v) is 10.3. The average molecular weight is 370 g/mol. The molecule has 0 N–H and O–H groups in total. The van der Waals surface area contributed by atoms with Gasteiger partial charge in [0, 0.05) is 16.7 Å². The van der Waals surface area contributed by atoms with Gasteiger partial charge in [-0.15, -0.1) is 11.3 Å². The maximum atomic E-state index is 12.2. The molecule has 25 heavy (non-hydrogen) atoms. The van der Waals surface area contributed by atoms with Gasteiger partial charge in [0.1, 0.15) is 6.61 Å². The van der Waals surface area contributed by atoms with E-state index in [2.05, 4.69) is 0 Å². The molecule has 0 saturated carbocycles. The Morgan fingerprint density at radius 3 is 2.24 bits per heavy atom. The summed E-state index contributed by atoms with van der Waals surface area (Å²) in [6.45, 7) is 0.292. The number of hydrogen-bond acceptors (Lipinski definition) is 5. The van der Waals surface area contributed by atoms with Crippen LogP contribution in [0, 0.1) is 0 Å². The summed E-state index contributed by atoms with van der Waals surface area (Å²) in [5.74, 6) is -0.302. The maximum Gasteiger partial charge on any atom is 0.340 e. The third-order valence-electron chi connectivity index (χ3n) is 4.13. The van der Waals surface area contributed by atoms with E-state index < -0.39 is 9.84 Å². The van der Waals surface area contributed by atoms with Gasteiger partial charge in [-0.05, 0) is 23.3 Å². The van der Waals surface area contributed by atoms with Crippen LogP contribution in [-0.4, -0.2) is 20.6 Å². The maximum absolute atomic E-state index is 12.2. The molecule has 0 fully saturated rings. The number of ether oxygens (including phenoxy) is 1. The van der Waals surface area contributed by atoms with E-state index in [1.54, 1.807) is 24.3 Å². The highest BCUT2D eigenvalue weighted by atomic mass is 32.2. The van der Waals surface area contributed by atoms with Gasteiger partial charge >= 0.3 is 5.97 Å². The summed E-state index contributed by atoms with van der Waals surface area (Å²) in [7, 11) is -3.24. The van der Waals surface area contributed by atoms with Crippen molar-refractivity contribution >= 4 is 27.1 Å². The topological polar surface area (TPSA) is 60.4 Å². The molecule has 1 aliphatic heterocycles. The molecular formula is C19H14O4S2. The summed E-state index contributed by atoms with van der Waals surface area (Å²) >= 11 is 1.52. The molecule has 0 bridgehead atoms. The number of sulfone groups is 1. The lowest BCUT2D eigenvalue weighted by Crippen LogP contribution is -1.97. The first-order chi connectivity index (χ1) is 11.9. The molecule has 0 radical (unpaired) electrons. The molecule has 2 heterocycles. The van der Waals surface area contributed by atoms with Crippen LogP contribution in [0.25, 0.3) is 21.6 Å². The Bertz CT molecular complexity index is 1060. The Hall–Kier alpha value is -2.44. The van der Waals surface area contributed by atoms with Gasteiger partial charge in [0.05, 0.1) is 15.3 Å². The van der Waals surface area contributed by atoms with Crippen LogP contribution in [0.15, 0.2) is 59.5 Å². The van der Waals surface area contributed by atoms with Crippen LogP contribution in [0.3, 0.4) is 0 Å². The Morgan fingerprint density at radius 1 is 0.920 bits per heavy atom. The fourth-order valence-corrected chi connectivity index (χ4v) is 4.79. The molecule has 0 spiro atoms. The standard InChI is InChI=1S/C19H14O4S2/c1-25(21,22)14-9-7-13(8-10-14)18-16(12-5-3-2-4-6-12)17-15(24-18)11-23-19(17)20/h2-10H,11H2,1H3. The molecule has 1 aromatic heterocycles. The largest absolute Gasteiger partial charge is 0.456 e. The molecule has 6 heteroatoms. The Labute approximate surface area is 149 Å². The van der Waals surface area contributed by atoms with E-state index in [9.17, 15) is 13.2 Å². The van der Waals surface area contributed by atoms with E-state index >= 15 is 0 Å². The van der Waals surface area contributed by atoms with Crippen LogP contribution in [0.4, 0.5) is 0 Å². The molecule has 126 valence electrons. The first-order valence-electron chi connectivity index (χ1n) is 7.64. The lowest BCUT2D eigenvalue weighted by Gasteiger charge is -2.07. The molecule has 0 unspecified atom stereocenters. The second-order valence-corrected chi connectivity index (χ2v) is 8.96. The Morgan fingerprint density at radius 2 is 1.60 bits per heavy atom. The minimum atomic E-state index is -3.24. The molecule has 2 aromatic carbocycles. The summed E-state index contributed by atoms with van der Waals surface area (Å²) in [5.41, 5.74) is 3.31. The summed E-state index contributed by atoms with van der Waals surface area (Å²) in [6.07, 6.45) is 1.19. The van der Waals surface area contributed by atoms with Crippen LogP contribution in [0.2, 0.25) is 0 Å². The third-order valence-corrected chi connectivity index (χ3v) is 6.47. The highest BCUT2D eigenvalue weighted by Gasteiger charge is 2.31.